The molecule has 1 aliphatic heterocycles. The number of carboxylic acids is 1. The Kier molecular flexibility index (Phi) is 4.25. The van der Waals surface area contributed by atoms with Crippen molar-refractivity contribution in [2.24, 2.45) is 5.41 Å². The van der Waals surface area contributed by atoms with Gasteiger partial charge in [-0.1, -0.05) is 18.2 Å². The largest absolute Gasteiger partial charge is 0.496 e. The summed E-state index contributed by atoms with van der Waals surface area (Å²) in [5, 5.41) is 9.57. The highest BCUT2D eigenvalue weighted by molar-refractivity contribution is 5.93. The minimum atomic E-state index is -0.999. The summed E-state index contributed by atoms with van der Waals surface area (Å²) in [5.74, 6) is -0.183. The highest BCUT2D eigenvalue weighted by Gasteiger charge is 2.57. The van der Waals surface area contributed by atoms with Crippen LogP contribution in [-0.4, -0.2) is 55.8 Å². The number of nitrogens with zero attached hydrogens (tertiary/aromatic N) is 1. The molecule has 6 heteroatoms. The number of benzene rings is 1. The van der Waals surface area contributed by atoms with Gasteiger partial charge in [0, 0.05) is 25.8 Å². The van der Waals surface area contributed by atoms with Gasteiger partial charge in [-0.3, -0.25) is 9.59 Å². The number of methoxy groups -OCH3 is 2. The molecule has 24 heavy (non-hydrogen) atoms. The number of amides is 1. The molecule has 0 aromatic heterocycles. The summed E-state index contributed by atoms with van der Waals surface area (Å²) < 4.78 is 10.5. The first-order chi connectivity index (χ1) is 11.5. The molecule has 1 N–H and O–H groups in total. The Morgan fingerprint density at radius 3 is 2.50 bits per heavy atom. The average Bonchev–Trinajstić information content (AvgIpc) is 3.28. The number of aliphatic carboxylic acids is 1. The summed E-state index contributed by atoms with van der Waals surface area (Å²) >= 11 is 0. The van der Waals surface area contributed by atoms with Gasteiger partial charge in [-0.05, 0) is 25.3 Å². The van der Waals surface area contributed by atoms with Gasteiger partial charge in [-0.25, -0.2) is 0 Å². The number of rotatable bonds is 6. The van der Waals surface area contributed by atoms with Gasteiger partial charge in [0.2, 0.25) is 5.91 Å². The van der Waals surface area contributed by atoms with E-state index in [9.17, 15) is 14.7 Å². The Hall–Kier alpha value is -2.08. The minimum absolute atomic E-state index is 0.00577. The van der Waals surface area contributed by atoms with Crippen LogP contribution in [0, 0.1) is 5.41 Å². The molecule has 1 atom stereocenters. The summed E-state index contributed by atoms with van der Waals surface area (Å²) in [6.07, 6.45) is 1.96. The van der Waals surface area contributed by atoms with Gasteiger partial charge in [-0.2, -0.15) is 0 Å². The molecule has 3 rings (SSSR count). The molecule has 1 saturated carbocycles. The molecule has 130 valence electrons. The van der Waals surface area contributed by atoms with Crippen LogP contribution in [0.1, 0.15) is 24.8 Å². The van der Waals surface area contributed by atoms with Gasteiger partial charge >= 0.3 is 5.97 Å². The number of para-hydroxylation sites is 1. The van der Waals surface area contributed by atoms with Crippen molar-refractivity contribution in [1.82, 2.24) is 4.90 Å². The molecule has 6 nitrogen and oxygen atoms in total. The van der Waals surface area contributed by atoms with Crippen LogP contribution in [0.15, 0.2) is 24.3 Å². The fraction of sp³-hybridized carbons (Fsp3) is 0.556. The molecule has 0 spiro atoms. The quantitative estimate of drug-likeness (QED) is 0.857. The first-order valence-corrected chi connectivity index (χ1v) is 8.14. The number of hydrogen-bond donors (Lipinski definition) is 1. The summed E-state index contributed by atoms with van der Waals surface area (Å²) in [7, 11) is 3.09. The second-order valence-corrected chi connectivity index (χ2v) is 6.78. The van der Waals surface area contributed by atoms with Crippen LogP contribution in [0.2, 0.25) is 0 Å². The molecular weight excluding hydrogens is 310 g/mol. The van der Waals surface area contributed by atoms with Gasteiger partial charge < -0.3 is 19.5 Å². The van der Waals surface area contributed by atoms with Gasteiger partial charge in [0.25, 0.3) is 0 Å². The molecule has 1 unspecified atom stereocenters. The van der Waals surface area contributed by atoms with Crippen LogP contribution in [-0.2, 0) is 19.7 Å². The molecule has 2 aliphatic rings. The molecule has 1 aromatic rings. The third-order valence-electron chi connectivity index (χ3n) is 5.30. The predicted molar refractivity (Wildman–Crippen MR) is 87.0 cm³/mol. The average molecular weight is 333 g/mol. The Labute approximate surface area is 141 Å². The second kappa shape index (κ2) is 6.09. The number of hydrogen-bond acceptors (Lipinski definition) is 4. The molecule has 2 fully saturated rings. The van der Waals surface area contributed by atoms with E-state index in [1.807, 2.05) is 24.3 Å². The topological polar surface area (TPSA) is 76.1 Å². The van der Waals surface area contributed by atoms with E-state index < -0.39 is 16.8 Å². The number of carboxylic acid groups (broad SMARTS) is 1. The lowest BCUT2D eigenvalue weighted by atomic mass is 9.88. The summed E-state index contributed by atoms with van der Waals surface area (Å²) in [6, 6.07) is 7.58. The van der Waals surface area contributed by atoms with Crippen molar-refractivity contribution in [1.29, 1.82) is 0 Å². The molecular formula is C18H23NO5. The van der Waals surface area contributed by atoms with Crippen LogP contribution in [0.25, 0.3) is 0 Å². The molecule has 1 aromatic carbocycles. The third kappa shape index (κ3) is 2.55. The van der Waals surface area contributed by atoms with Gasteiger partial charge in [0.15, 0.2) is 0 Å². The number of carbonyl (C=O) groups excluding carboxylic acids is 1. The molecule has 1 saturated heterocycles. The van der Waals surface area contributed by atoms with Gasteiger partial charge in [0.1, 0.15) is 11.2 Å². The molecule has 1 heterocycles. The van der Waals surface area contributed by atoms with E-state index in [0.717, 1.165) is 18.4 Å². The zero-order valence-corrected chi connectivity index (χ0v) is 14.1. The van der Waals surface area contributed by atoms with E-state index in [-0.39, 0.29) is 19.1 Å². The van der Waals surface area contributed by atoms with Gasteiger partial charge in [-0.15, -0.1) is 0 Å². The summed E-state index contributed by atoms with van der Waals surface area (Å²) in [4.78, 5) is 26.5. The molecule has 0 bridgehead atoms. The Bertz CT molecular complexity index is 655. The highest BCUT2D eigenvalue weighted by Crippen LogP contribution is 2.53. The van der Waals surface area contributed by atoms with Crippen molar-refractivity contribution >= 4 is 11.9 Å². The maximum absolute atomic E-state index is 13.1. The van der Waals surface area contributed by atoms with E-state index in [0.29, 0.717) is 18.7 Å². The van der Waals surface area contributed by atoms with Crippen LogP contribution in [0.4, 0.5) is 0 Å². The fourth-order valence-corrected chi connectivity index (χ4v) is 3.74. The summed E-state index contributed by atoms with van der Waals surface area (Å²) in [6.45, 7) is 0.769. The van der Waals surface area contributed by atoms with E-state index in [4.69, 9.17) is 9.47 Å². The first kappa shape index (κ1) is 16.8. The Morgan fingerprint density at radius 2 is 1.92 bits per heavy atom. The first-order valence-electron chi connectivity index (χ1n) is 8.14. The second-order valence-electron chi connectivity index (χ2n) is 6.78. The van der Waals surface area contributed by atoms with Crippen molar-refractivity contribution in [3.8, 4) is 5.75 Å². The summed E-state index contributed by atoms with van der Waals surface area (Å²) in [5.41, 5.74) is -0.660. The smallest absolute Gasteiger partial charge is 0.313 e. The minimum Gasteiger partial charge on any atom is -0.496 e. The molecule has 1 aliphatic carbocycles. The van der Waals surface area contributed by atoms with Crippen LogP contribution >= 0.6 is 0 Å². The number of carbonyl (C=O) groups is 2. The SMILES string of the molecule is COCC1(C(=O)O)CCN(C(=O)C2(c3ccccc3OC)CC2)C1. The van der Waals surface area contributed by atoms with Crippen molar-refractivity contribution in [2.45, 2.75) is 24.7 Å². The lowest BCUT2D eigenvalue weighted by molar-refractivity contribution is -0.151. The number of likely N-dealkylation sites (tertiary alicyclic amines) is 1. The van der Waals surface area contributed by atoms with E-state index in [2.05, 4.69) is 0 Å². The van der Waals surface area contributed by atoms with Crippen molar-refractivity contribution < 1.29 is 24.2 Å². The maximum Gasteiger partial charge on any atom is 0.313 e. The Morgan fingerprint density at radius 1 is 1.21 bits per heavy atom. The van der Waals surface area contributed by atoms with Crippen LogP contribution < -0.4 is 4.74 Å². The maximum atomic E-state index is 13.1. The van der Waals surface area contributed by atoms with Crippen molar-refractivity contribution in [3.05, 3.63) is 29.8 Å². The molecule has 0 radical (unpaired) electrons. The number of ether oxygens (including phenoxy) is 2. The van der Waals surface area contributed by atoms with Crippen molar-refractivity contribution in [3.63, 3.8) is 0 Å². The highest BCUT2D eigenvalue weighted by atomic mass is 16.5. The third-order valence-corrected chi connectivity index (χ3v) is 5.30. The lowest BCUT2D eigenvalue weighted by Gasteiger charge is -2.27. The zero-order valence-electron chi connectivity index (χ0n) is 14.1. The Balaban J connectivity index is 1.84. The monoisotopic (exact) mass is 333 g/mol. The lowest BCUT2D eigenvalue weighted by Crippen LogP contribution is -2.43. The predicted octanol–water partition coefficient (Wildman–Crippen LogP) is 1.68. The van der Waals surface area contributed by atoms with Crippen molar-refractivity contribution in [2.75, 3.05) is 33.9 Å². The van der Waals surface area contributed by atoms with E-state index in [1.54, 1.807) is 12.0 Å². The van der Waals surface area contributed by atoms with E-state index >= 15 is 0 Å². The van der Waals surface area contributed by atoms with Crippen LogP contribution in [0.5, 0.6) is 5.75 Å². The molecule has 1 amide bonds. The zero-order chi connectivity index (χ0) is 17.4. The van der Waals surface area contributed by atoms with Gasteiger partial charge in [0.05, 0.1) is 19.1 Å². The fourth-order valence-electron chi connectivity index (χ4n) is 3.74. The normalized spacial score (nSPS) is 24.7. The van der Waals surface area contributed by atoms with E-state index in [1.165, 1.54) is 7.11 Å². The van der Waals surface area contributed by atoms with Crippen LogP contribution in [0.3, 0.4) is 0 Å². The standard InChI is InChI=1S/C18H23NO5/c1-23-12-17(16(21)22)9-10-19(11-17)15(20)18(7-8-18)13-5-3-4-6-14(13)24-2/h3-6H,7-12H2,1-2H3,(H,21,22).